The quantitative estimate of drug-likeness (QED) is 0.489. The van der Waals surface area contributed by atoms with Gasteiger partial charge in [0.1, 0.15) is 11.5 Å². The van der Waals surface area contributed by atoms with Gasteiger partial charge in [-0.05, 0) is 22.9 Å². The van der Waals surface area contributed by atoms with Gasteiger partial charge in [-0.15, -0.1) is 0 Å². The van der Waals surface area contributed by atoms with Crippen LogP contribution >= 0.6 is 8.60 Å². The average Bonchev–Trinajstić information content (AvgIpc) is 2.62. The second kappa shape index (κ2) is 6.48. The van der Waals surface area contributed by atoms with Crippen LogP contribution < -0.4 is 9.05 Å². The minimum Gasteiger partial charge on any atom is -0.417 e. The van der Waals surface area contributed by atoms with E-state index >= 15 is 0 Å². The largest absolute Gasteiger partial charge is 0.460 e. The van der Waals surface area contributed by atoms with Crippen molar-refractivity contribution in [1.82, 2.24) is 0 Å². The van der Waals surface area contributed by atoms with E-state index in [1.807, 2.05) is 84.9 Å². The van der Waals surface area contributed by atoms with Gasteiger partial charge in [0, 0.05) is 10.8 Å². The van der Waals surface area contributed by atoms with Gasteiger partial charge < -0.3 is 13.9 Å². The third-order valence-corrected chi connectivity index (χ3v) is 4.56. The van der Waals surface area contributed by atoms with Gasteiger partial charge >= 0.3 is 8.60 Å². The molecule has 0 unspecified atom stereocenters. The average molecular weight is 334 g/mol. The first kappa shape index (κ1) is 14.9. The van der Waals surface area contributed by atoms with Crippen molar-refractivity contribution in [1.29, 1.82) is 0 Å². The van der Waals surface area contributed by atoms with E-state index < -0.39 is 8.60 Å². The molecule has 0 spiro atoms. The van der Waals surface area contributed by atoms with Crippen LogP contribution in [0.25, 0.3) is 21.5 Å². The zero-order valence-corrected chi connectivity index (χ0v) is 13.7. The Hall–Kier alpha value is -2.61. The lowest BCUT2D eigenvalue weighted by Gasteiger charge is -2.15. The molecular weight excluding hydrogens is 319 g/mol. The Morgan fingerprint density at radius 2 is 0.958 bits per heavy atom. The number of fused-ring (bicyclic) bond motifs is 2. The van der Waals surface area contributed by atoms with E-state index in [1.165, 1.54) is 0 Å². The standard InChI is InChI=1S/C20H15O3P/c21-24(22-19-13-5-9-15-7-1-3-11-17(15)19)23-20-14-6-10-16-8-2-4-12-18(16)20/h1-14,21H. The summed E-state index contributed by atoms with van der Waals surface area (Å²) >= 11 is 0. The van der Waals surface area contributed by atoms with Crippen molar-refractivity contribution in [2.75, 3.05) is 0 Å². The summed E-state index contributed by atoms with van der Waals surface area (Å²) in [4.78, 5) is 10.3. The van der Waals surface area contributed by atoms with Crippen LogP contribution in [-0.4, -0.2) is 4.89 Å². The number of hydrogen-bond acceptors (Lipinski definition) is 3. The van der Waals surface area contributed by atoms with Crippen molar-refractivity contribution in [3.63, 3.8) is 0 Å². The summed E-state index contributed by atoms with van der Waals surface area (Å²) in [7, 11) is -2.08. The predicted octanol–water partition coefficient (Wildman–Crippen LogP) is 5.67. The first-order valence-corrected chi connectivity index (χ1v) is 8.75. The topological polar surface area (TPSA) is 38.7 Å². The first-order chi connectivity index (χ1) is 11.8. The maximum absolute atomic E-state index is 10.3. The van der Waals surface area contributed by atoms with Gasteiger partial charge in [0.2, 0.25) is 0 Å². The number of benzene rings is 4. The summed E-state index contributed by atoms with van der Waals surface area (Å²) in [5, 5.41) is 4.01. The molecule has 0 heterocycles. The van der Waals surface area contributed by atoms with Crippen molar-refractivity contribution < 1.29 is 13.9 Å². The molecule has 0 fully saturated rings. The molecular formula is C20H15O3P. The highest BCUT2D eigenvalue weighted by molar-refractivity contribution is 7.41. The van der Waals surface area contributed by atoms with E-state index in [0.29, 0.717) is 11.5 Å². The van der Waals surface area contributed by atoms with Gasteiger partial charge in [0.25, 0.3) is 0 Å². The third kappa shape index (κ3) is 2.92. The van der Waals surface area contributed by atoms with Crippen LogP contribution in [-0.2, 0) is 0 Å². The van der Waals surface area contributed by atoms with E-state index in [2.05, 4.69) is 0 Å². The van der Waals surface area contributed by atoms with Gasteiger partial charge in [-0.1, -0.05) is 72.8 Å². The molecule has 4 rings (SSSR count). The van der Waals surface area contributed by atoms with E-state index in [0.717, 1.165) is 21.5 Å². The Kier molecular flexibility index (Phi) is 4.04. The SMILES string of the molecule is OP(Oc1cccc2ccccc12)Oc1cccc2ccccc12. The van der Waals surface area contributed by atoms with Gasteiger partial charge in [-0.25, -0.2) is 0 Å². The van der Waals surface area contributed by atoms with E-state index in [4.69, 9.17) is 9.05 Å². The van der Waals surface area contributed by atoms with Crippen LogP contribution in [0.2, 0.25) is 0 Å². The summed E-state index contributed by atoms with van der Waals surface area (Å²) in [6.45, 7) is 0. The molecule has 0 aliphatic carbocycles. The lowest BCUT2D eigenvalue weighted by molar-refractivity contribution is 0.385. The molecule has 3 nitrogen and oxygen atoms in total. The van der Waals surface area contributed by atoms with Crippen molar-refractivity contribution >= 4 is 30.1 Å². The van der Waals surface area contributed by atoms with Gasteiger partial charge in [0.15, 0.2) is 0 Å². The van der Waals surface area contributed by atoms with Gasteiger partial charge in [-0.2, -0.15) is 0 Å². The Balaban J connectivity index is 1.61. The van der Waals surface area contributed by atoms with E-state index in [-0.39, 0.29) is 0 Å². The molecule has 0 bridgehead atoms. The molecule has 24 heavy (non-hydrogen) atoms. The van der Waals surface area contributed by atoms with Crippen molar-refractivity contribution in [2.45, 2.75) is 0 Å². The molecule has 0 aromatic heterocycles. The van der Waals surface area contributed by atoms with Crippen LogP contribution in [0.15, 0.2) is 84.9 Å². The summed E-state index contributed by atoms with van der Waals surface area (Å²) < 4.78 is 11.4. The monoisotopic (exact) mass is 334 g/mol. The van der Waals surface area contributed by atoms with Crippen molar-refractivity contribution in [2.24, 2.45) is 0 Å². The van der Waals surface area contributed by atoms with Crippen LogP contribution in [0.5, 0.6) is 11.5 Å². The summed E-state index contributed by atoms with van der Waals surface area (Å²) in [5.74, 6) is 1.23. The molecule has 0 saturated heterocycles. The third-order valence-electron chi connectivity index (χ3n) is 3.85. The molecule has 0 amide bonds. The highest BCUT2D eigenvalue weighted by Crippen LogP contribution is 2.41. The second-order valence-corrected chi connectivity index (χ2v) is 6.22. The maximum atomic E-state index is 10.3. The first-order valence-electron chi connectivity index (χ1n) is 7.62. The zero-order valence-electron chi connectivity index (χ0n) is 12.8. The predicted molar refractivity (Wildman–Crippen MR) is 98.3 cm³/mol. The molecule has 0 radical (unpaired) electrons. The highest BCUT2D eigenvalue weighted by Gasteiger charge is 2.14. The molecule has 0 atom stereocenters. The molecule has 4 heteroatoms. The summed E-state index contributed by atoms with van der Waals surface area (Å²) in [5.41, 5.74) is 0. The highest BCUT2D eigenvalue weighted by atomic mass is 31.2. The molecule has 118 valence electrons. The Morgan fingerprint density at radius 1 is 0.542 bits per heavy atom. The van der Waals surface area contributed by atoms with Gasteiger partial charge in [-0.3, -0.25) is 0 Å². The maximum Gasteiger partial charge on any atom is 0.460 e. The molecule has 1 N–H and O–H groups in total. The van der Waals surface area contributed by atoms with Crippen molar-refractivity contribution in [3.05, 3.63) is 84.9 Å². The van der Waals surface area contributed by atoms with E-state index in [9.17, 15) is 4.89 Å². The number of rotatable bonds is 4. The van der Waals surface area contributed by atoms with E-state index in [1.54, 1.807) is 0 Å². The Morgan fingerprint density at radius 3 is 1.46 bits per heavy atom. The minimum absolute atomic E-state index is 0.613. The number of hydrogen-bond donors (Lipinski definition) is 1. The second-order valence-electron chi connectivity index (χ2n) is 5.37. The molecule has 0 saturated carbocycles. The van der Waals surface area contributed by atoms with Crippen molar-refractivity contribution in [3.8, 4) is 11.5 Å². The molecule has 4 aromatic carbocycles. The molecule has 0 aliphatic rings. The van der Waals surface area contributed by atoms with Gasteiger partial charge in [0.05, 0.1) is 0 Å². The summed E-state index contributed by atoms with van der Waals surface area (Å²) in [6, 6.07) is 27.3. The minimum atomic E-state index is -2.08. The fourth-order valence-electron chi connectivity index (χ4n) is 2.74. The zero-order chi connectivity index (χ0) is 16.4. The smallest absolute Gasteiger partial charge is 0.417 e. The van der Waals surface area contributed by atoms with Crippen LogP contribution in [0.3, 0.4) is 0 Å². The normalized spacial score (nSPS) is 11.1. The lowest BCUT2D eigenvalue weighted by Crippen LogP contribution is -1.95. The Labute approximate surface area is 141 Å². The van der Waals surface area contributed by atoms with Crippen LogP contribution in [0.4, 0.5) is 0 Å². The van der Waals surface area contributed by atoms with Crippen LogP contribution in [0.1, 0.15) is 0 Å². The van der Waals surface area contributed by atoms with Crippen LogP contribution in [0, 0.1) is 0 Å². The molecule has 0 aliphatic heterocycles. The Bertz CT molecular complexity index is 908. The fraction of sp³-hybridized carbons (Fsp3) is 0. The molecule has 4 aromatic rings. The summed E-state index contributed by atoms with van der Waals surface area (Å²) in [6.07, 6.45) is 0. The lowest BCUT2D eigenvalue weighted by atomic mass is 10.1. The fourth-order valence-corrected chi connectivity index (χ4v) is 3.43.